The lowest BCUT2D eigenvalue weighted by molar-refractivity contribution is -0.146. The van der Waals surface area contributed by atoms with Gasteiger partial charge in [-0.2, -0.15) is 0 Å². The van der Waals surface area contributed by atoms with Gasteiger partial charge in [-0.25, -0.2) is 0 Å². The van der Waals surface area contributed by atoms with Crippen LogP contribution in [0.2, 0.25) is 0 Å². The summed E-state index contributed by atoms with van der Waals surface area (Å²) in [6.45, 7) is 9.51. The summed E-state index contributed by atoms with van der Waals surface area (Å²) in [5, 5.41) is 0. The van der Waals surface area contributed by atoms with E-state index in [4.69, 9.17) is 4.74 Å². The van der Waals surface area contributed by atoms with E-state index in [1.807, 2.05) is 0 Å². The van der Waals surface area contributed by atoms with Gasteiger partial charge in [0.25, 0.3) is 0 Å². The quantitative estimate of drug-likeness (QED) is 0.643. The fourth-order valence-electron chi connectivity index (χ4n) is 2.19. The summed E-state index contributed by atoms with van der Waals surface area (Å²) in [7, 11) is 1.47. The second-order valence-electron chi connectivity index (χ2n) is 4.72. The van der Waals surface area contributed by atoms with E-state index in [-0.39, 0.29) is 11.9 Å². The van der Waals surface area contributed by atoms with Gasteiger partial charge in [0.05, 0.1) is 13.0 Å². The number of hydrogen-bond donors (Lipinski definition) is 0. The van der Waals surface area contributed by atoms with Crippen LogP contribution < -0.4 is 0 Å². The number of ether oxygens (including phenoxy) is 1. The van der Waals surface area contributed by atoms with Crippen molar-refractivity contribution >= 4 is 5.97 Å². The average Bonchev–Trinajstić information content (AvgIpc) is 2.44. The van der Waals surface area contributed by atoms with Gasteiger partial charge in [-0.15, -0.1) is 0 Å². The minimum Gasteiger partial charge on any atom is -0.469 e. The Morgan fingerprint density at radius 3 is 2.64 bits per heavy atom. The SMILES string of the molecule is COC(=O)C1CN(CC(C)C)CC1C. The Balaban J connectivity index is 2.47. The van der Waals surface area contributed by atoms with Crippen LogP contribution in [-0.4, -0.2) is 37.6 Å². The summed E-state index contributed by atoms with van der Waals surface area (Å²) in [5.41, 5.74) is 0. The Labute approximate surface area is 86.4 Å². The van der Waals surface area contributed by atoms with E-state index >= 15 is 0 Å². The monoisotopic (exact) mass is 199 g/mol. The summed E-state index contributed by atoms with van der Waals surface area (Å²) in [6, 6.07) is 0. The van der Waals surface area contributed by atoms with Crippen molar-refractivity contribution < 1.29 is 9.53 Å². The first-order valence-electron chi connectivity index (χ1n) is 5.34. The summed E-state index contributed by atoms with van der Waals surface area (Å²) >= 11 is 0. The van der Waals surface area contributed by atoms with Gasteiger partial charge < -0.3 is 9.64 Å². The number of esters is 1. The highest BCUT2D eigenvalue weighted by Gasteiger charge is 2.35. The lowest BCUT2D eigenvalue weighted by Crippen LogP contribution is -2.27. The molecule has 82 valence electrons. The van der Waals surface area contributed by atoms with Crippen LogP contribution in [0.3, 0.4) is 0 Å². The highest BCUT2D eigenvalue weighted by Crippen LogP contribution is 2.24. The molecule has 3 nitrogen and oxygen atoms in total. The van der Waals surface area contributed by atoms with Gasteiger partial charge in [-0.1, -0.05) is 20.8 Å². The van der Waals surface area contributed by atoms with Crippen LogP contribution in [0.4, 0.5) is 0 Å². The molecular formula is C11H21NO2. The molecule has 0 amide bonds. The molecule has 0 spiro atoms. The molecule has 1 rings (SSSR count). The number of methoxy groups -OCH3 is 1. The van der Waals surface area contributed by atoms with Crippen LogP contribution >= 0.6 is 0 Å². The van der Waals surface area contributed by atoms with Crippen molar-refractivity contribution in [1.82, 2.24) is 4.90 Å². The fraction of sp³-hybridized carbons (Fsp3) is 0.909. The summed E-state index contributed by atoms with van der Waals surface area (Å²) < 4.78 is 4.79. The molecule has 0 aromatic heterocycles. The molecule has 0 N–H and O–H groups in total. The molecule has 0 aromatic carbocycles. The van der Waals surface area contributed by atoms with Crippen LogP contribution in [0.25, 0.3) is 0 Å². The molecule has 1 aliphatic rings. The molecule has 0 radical (unpaired) electrons. The summed E-state index contributed by atoms with van der Waals surface area (Å²) in [6.07, 6.45) is 0. The zero-order chi connectivity index (χ0) is 10.7. The second-order valence-corrected chi connectivity index (χ2v) is 4.72. The van der Waals surface area contributed by atoms with Crippen molar-refractivity contribution in [3.05, 3.63) is 0 Å². The minimum absolute atomic E-state index is 0.0521. The first kappa shape index (κ1) is 11.5. The molecule has 1 aliphatic heterocycles. The standard InChI is InChI=1S/C11H21NO2/c1-8(2)5-12-6-9(3)10(7-12)11(13)14-4/h8-10H,5-7H2,1-4H3. The molecule has 0 aromatic rings. The summed E-state index contributed by atoms with van der Waals surface area (Å²) in [4.78, 5) is 13.8. The molecule has 0 aliphatic carbocycles. The highest BCUT2D eigenvalue weighted by molar-refractivity contribution is 5.73. The predicted octanol–water partition coefficient (Wildman–Crippen LogP) is 1.38. The van der Waals surface area contributed by atoms with Gasteiger partial charge in [0.15, 0.2) is 0 Å². The number of likely N-dealkylation sites (tertiary alicyclic amines) is 1. The zero-order valence-corrected chi connectivity index (χ0v) is 9.62. The molecule has 1 heterocycles. The lowest BCUT2D eigenvalue weighted by Gasteiger charge is -2.17. The molecule has 0 bridgehead atoms. The smallest absolute Gasteiger partial charge is 0.310 e. The van der Waals surface area contributed by atoms with Crippen LogP contribution in [0, 0.1) is 17.8 Å². The topological polar surface area (TPSA) is 29.5 Å². The molecule has 2 atom stereocenters. The van der Waals surface area contributed by atoms with E-state index in [0.29, 0.717) is 11.8 Å². The van der Waals surface area contributed by atoms with E-state index < -0.39 is 0 Å². The van der Waals surface area contributed by atoms with Crippen LogP contribution in [-0.2, 0) is 9.53 Å². The maximum absolute atomic E-state index is 11.4. The van der Waals surface area contributed by atoms with E-state index in [0.717, 1.165) is 19.6 Å². The molecule has 0 saturated carbocycles. The summed E-state index contributed by atoms with van der Waals surface area (Å²) in [5.74, 6) is 1.13. The van der Waals surface area contributed by atoms with Gasteiger partial charge in [-0.3, -0.25) is 4.79 Å². The molecular weight excluding hydrogens is 178 g/mol. The van der Waals surface area contributed by atoms with Gasteiger partial charge in [0.2, 0.25) is 0 Å². The maximum Gasteiger partial charge on any atom is 0.310 e. The highest BCUT2D eigenvalue weighted by atomic mass is 16.5. The third-order valence-electron chi connectivity index (χ3n) is 2.82. The van der Waals surface area contributed by atoms with Crippen molar-refractivity contribution in [3.8, 4) is 0 Å². The number of nitrogens with zero attached hydrogens (tertiary/aromatic N) is 1. The Bertz CT molecular complexity index is 203. The normalized spacial score (nSPS) is 28.4. The Morgan fingerprint density at radius 1 is 1.50 bits per heavy atom. The van der Waals surface area contributed by atoms with E-state index in [2.05, 4.69) is 25.7 Å². The zero-order valence-electron chi connectivity index (χ0n) is 9.62. The van der Waals surface area contributed by atoms with Crippen LogP contribution in [0.5, 0.6) is 0 Å². The minimum atomic E-state index is -0.0521. The number of carbonyl (C=O) groups excluding carboxylic acids is 1. The lowest BCUT2D eigenvalue weighted by atomic mass is 9.99. The van der Waals surface area contributed by atoms with E-state index in [9.17, 15) is 4.79 Å². The van der Waals surface area contributed by atoms with Gasteiger partial charge in [0.1, 0.15) is 0 Å². The van der Waals surface area contributed by atoms with Crippen molar-refractivity contribution in [2.45, 2.75) is 20.8 Å². The molecule has 2 unspecified atom stereocenters. The number of rotatable bonds is 3. The maximum atomic E-state index is 11.4. The molecule has 1 saturated heterocycles. The fourth-order valence-corrected chi connectivity index (χ4v) is 2.19. The number of carbonyl (C=O) groups is 1. The van der Waals surface area contributed by atoms with E-state index in [1.165, 1.54) is 7.11 Å². The van der Waals surface area contributed by atoms with Crippen molar-refractivity contribution in [1.29, 1.82) is 0 Å². The van der Waals surface area contributed by atoms with Crippen molar-refractivity contribution in [2.24, 2.45) is 17.8 Å². The average molecular weight is 199 g/mol. The van der Waals surface area contributed by atoms with Gasteiger partial charge in [-0.05, 0) is 11.8 Å². The largest absolute Gasteiger partial charge is 0.469 e. The number of hydrogen-bond acceptors (Lipinski definition) is 3. The second kappa shape index (κ2) is 4.78. The third-order valence-corrected chi connectivity index (χ3v) is 2.82. The first-order valence-corrected chi connectivity index (χ1v) is 5.34. The first-order chi connectivity index (χ1) is 6.54. The van der Waals surface area contributed by atoms with E-state index in [1.54, 1.807) is 0 Å². The molecule has 3 heteroatoms. The predicted molar refractivity (Wildman–Crippen MR) is 55.9 cm³/mol. The Kier molecular flexibility index (Phi) is 3.93. The third kappa shape index (κ3) is 2.71. The van der Waals surface area contributed by atoms with Crippen molar-refractivity contribution in [2.75, 3.05) is 26.7 Å². The Hall–Kier alpha value is -0.570. The van der Waals surface area contributed by atoms with Gasteiger partial charge in [0, 0.05) is 19.6 Å². The molecule has 1 fully saturated rings. The van der Waals surface area contributed by atoms with Crippen molar-refractivity contribution in [3.63, 3.8) is 0 Å². The van der Waals surface area contributed by atoms with Crippen LogP contribution in [0.1, 0.15) is 20.8 Å². The Morgan fingerprint density at radius 2 is 2.14 bits per heavy atom. The molecule has 14 heavy (non-hydrogen) atoms. The van der Waals surface area contributed by atoms with Gasteiger partial charge >= 0.3 is 5.97 Å². The van der Waals surface area contributed by atoms with Crippen LogP contribution in [0.15, 0.2) is 0 Å².